The summed E-state index contributed by atoms with van der Waals surface area (Å²) < 4.78 is 7.35. The number of ether oxygens (including phenoxy) is 1. The molecule has 2 N–H and O–H groups in total. The van der Waals surface area contributed by atoms with Gasteiger partial charge in [-0.05, 0) is 13.8 Å². The van der Waals surface area contributed by atoms with Gasteiger partial charge in [0.05, 0.1) is 11.9 Å². The first-order chi connectivity index (χ1) is 8.57. The molecule has 1 aromatic heterocycles. The minimum atomic E-state index is -0.206. The first-order valence-corrected chi connectivity index (χ1v) is 6.03. The number of aromatic nitrogens is 2. The van der Waals surface area contributed by atoms with Crippen LogP contribution >= 0.6 is 0 Å². The number of guanidine groups is 1. The molecule has 6 nitrogen and oxygen atoms in total. The van der Waals surface area contributed by atoms with Crippen molar-refractivity contribution in [1.29, 1.82) is 0 Å². The van der Waals surface area contributed by atoms with Gasteiger partial charge < -0.3 is 19.9 Å². The van der Waals surface area contributed by atoms with Crippen LogP contribution in [0.2, 0.25) is 0 Å². The van der Waals surface area contributed by atoms with E-state index in [2.05, 4.69) is 20.6 Å². The molecule has 1 rings (SSSR count). The molecule has 0 aromatic carbocycles. The molecule has 0 spiro atoms. The number of nitrogens with one attached hydrogen (secondary N) is 2. The van der Waals surface area contributed by atoms with Crippen LogP contribution in [0.3, 0.4) is 0 Å². The van der Waals surface area contributed by atoms with Gasteiger partial charge in [0.15, 0.2) is 5.96 Å². The monoisotopic (exact) mass is 253 g/mol. The molecule has 1 aromatic rings. The van der Waals surface area contributed by atoms with Crippen molar-refractivity contribution in [2.24, 2.45) is 4.99 Å². The molecule has 0 unspecified atom stereocenters. The van der Waals surface area contributed by atoms with Crippen LogP contribution < -0.4 is 10.6 Å². The van der Waals surface area contributed by atoms with E-state index in [1.807, 2.05) is 24.6 Å². The van der Waals surface area contributed by atoms with Gasteiger partial charge in [0, 0.05) is 46.2 Å². The van der Waals surface area contributed by atoms with E-state index in [-0.39, 0.29) is 5.60 Å². The van der Waals surface area contributed by atoms with Crippen LogP contribution in [-0.4, -0.2) is 48.4 Å². The predicted molar refractivity (Wildman–Crippen MR) is 72.7 cm³/mol. The summed E-state index contributed by atoms with van der Waals surface area (Å²) in [6, 6.07) is 0. The SMILES string of the molecule is CN=C(NCCn1ccnc1)NCC(C)(C)OC. The van der Waals surface area contributed by atoms with Crippen molar-refractivity contribution < 1.29 is 4.74 Å². The highest BCUT2D eigenvalue weighted by atomic mass is 16.5. The largest absolute Gasteiger partial charge is 0.377 e. The van der Waals surface area contributed by atoms with Gasteiger partial charge in [0.25, 0.3) is 0 Å². The second kappa shape index (κ2) is 7.00. The van der Waals surface area contributed by atoms with Crippen LogP contribution in [0.1, 0.15) is 13.8 Å². The maximum absolute atomic E-state index is 5.34. The summed E-state index contributed by atoms with van der Waals surface area (Å²) in [5, 5.41) is 6.47. The molecule has 0 saturated carbocycles. The predicted octanol–water partition coefficient (Wildman–Crippen LogP) is 0.473. The van der Waals surface area contributed by atoms with E-state index >= 15 is 0 Å². The fourth-order valence-electron chi connectivity index (χ4n) is 1.31. The Balaban J connectivity index is 2.26. The number of methoxy groups -OCH3 is 1. The van der Waals surface area contributed by atoms with Crippen molar-refractivity contribution in [2.45, 2.75) is 26.0 Å². The summed E-state index contributed by atoms with van der Waals surface area (Å²) in [7, 11) is 3.46. The highest BCUT2D eigenvalue weighted by Gasteiger charge is 2.16. The van der Waals surface area contributed by atoms with Crippen LogP contribution in [0.5, 0.6) is 0 Å². The van der Waals surface area contributed by atoms with E-state index in [0.717, 1.165) is 19.0 Å². The van der Waals surface area contributed by atoms with Gasteiger partial charge in [0.1, 0.15) is 0 Å². The number of nitrogens with zero attached hydrogens (tertiary/aromatic N) is 3. The third kappa shape index (κ3) is 5.18. The van der Waals surface area contributed by atoms with Gasteiger partial charge in [-0.1, -0.05) is 0 Å². The van der Waals surface area contributed by atoms with E-state index in [1.165, 1.54) is 0 Å². The fourth-order valence-corrected chi connectivity index (χ4v) is 1.31. The van der Waals surface area contributed by atoms with Crippen LogP contribution in [0, 0.1) is 0 Å². The quantitative estimate of drug-likeness (QED) is 0.571. The number of rotatable bonds is 6. The Morgan fingerprint density at radius 3 is 2.78 bits per heavy atom. The summed E-state index contributed by atoms with van der Waals surface area (Å²) in [5.41, 5.74) is -0.206. The van der Waals surface area contributed by atoms with Gasteiger partial charge in [-0.25, -0.2) is 4.98 Å². The molecule has 0 bridgehead atoms. The summed E-state index contributed by atoms with van der Waals surface area (Å²) in [5.74, 6) is 0.778. The maximum Gasteiger partial charge on any atom is 0.191 e. The summed E-state index contributed by atoms with van der Waals surface area (Å²) in [6.45, 7) is 6.41. The van der Waals surface area contributed by atoms with E-state index < -0.39 is 0 Å². The molecule has 0 amide bonds. The lowest BCUT2D eigenvalue weighted by Gasteiger charge is -2.24. The molecule has 0 radical (unpaired) electrons. The molecule has 6 heteroatoms. The van der Waals surface area contributed by atoms with Crippen LogP contribution in [-0.2, 0) is 11.3 Å². The second-order valence-electron chi connectivity index (χ2n) is 4.62. The van der Waals surface area contributed by atoms with E-state index in [9.17, 15) is 0 Å². The van der Waals surface area contributed by atoms with Crippen LogP contribution in [0.15, 0.2) is 23.7 Å². The molecule has 0 atom stereocenters. The number of imidazole rings is 1. The van der Waals surface area contributed by atoms with E-state index in [1.54, 1.807) is 26.7 Å². The second-order valence-corrected chi connectivity index (χ2v) is 4.62. The van der Waals surface area contributed by atoms with Crippen molar-refractivity contribution in [3.8, 4) is 0 Å². The third-order valence-corrected chi connectivity index (χ3v) is 2.68. The average molecular weight is 253 g/mol. The first-order valence-electron chi connectivity index (χ1n) is 6.03. The Bertz CT molecular complexity index is 359. The smallest absolute Gasteiger partial charge is 0.191 e. The Morgan fingerprint density at radius 2 is 2.22 bits per heavy atom. The lowest BCUT2D eigenvalue weighted by atomic mass is 10.1. The van der Waals surface area contributed by atoms with Crippen molar-refractivity contribution in [1.82, 2.24) is 20.2 Å². The molecule has 0 aliphatic carbocycles. The zero-order chi connectivity index (χ0) is 13.4. The molecule has 102 valence electrons. The molecule has 0 fully saturated rings. The Hall–Kier alpha value is -1.56. The van der Waals surface area contributed by atoms with Crippen molar-refractivity contribution in [3.05, 3.63) is 18.7 Å². The standard InChI is InChI=1S/C12H23N5O/c1-12(2,18-4)9-16-11(13-3)15-6-8-17-7-5-14-10-17/h5,7,10H,6,8-9H2,1-4H3,(H2,13,15,16). The minimum Gasteiger partial charge on any atom is -0.377 e. The molecule has 0 aliphatic rings. The Morgan fingerprint density at radius 1 is 1.44 bits per heavy atom. The normalized spacial score (nSPS) is 12.6. The van der Waals surface area contributed by atoms with Crippen LogP contribution in [0.25, 0.3) is 0 Å². The van der Waals surface area contributed by atoms with Crippen molar-refractivity contribution in [2.75, 3.05) is 27.2 Å². The third-order valence-electron chi connectivity index (χ3n) is 2.68. The molecular formula is C12H23N5O. The topological polar surface area (TPSA) is 63.5 Å². The highest BCUT2D eigenvalue weighted by molar-refractivity contribution is 5.79. The number of hydrogen-bond acceptors (Lipinski definition) is 3. The minimum absolute atomic E-state index is 0.206. The zero-order valence-electron chi connectivity index (χ0n) is 11.6. The molecule has 0 saturated heterocycles. The van der Waals surface area contributed by atoms with Crippen LogP contribution in [0.4, 0.5) is 0 Å². The lowest BCUT2D eigenvalue weighted by molar-refractivity contribution is 0.0268. The van der Waals surface area contributed by atoms with Gasteiger partial charge in [-0.3, -0.25) is 4.99 Å². The van der Waals surface area contributed by atoms with Crippen molar-refractivity contribution >= 4 is 5.96 Å². The van der Waals surface area contributed by atoms with Gasteiger partial charge in [-0.15, -0.1) is 0 Å². The van der Waals surface area contributed by atoms with Gasteiger partial charge in [-0.2, -0.15) is 0 Å². The lowest BCUT2D eigenvalue weighted by Crippen LogP contribution is -2.45. The maximum atomic E-state index is 5.34. The summed E-state index contributed by atoms with van der Waals surface area (Å²) in [4.78, 5) is 8.15. The zero-order valence-corrected chi connectivity index (χ0v) is 11.6. The van der Waals surface area contributed by atoms with Gasteiger partial charge >= 0.3 is 0 Å². The van der Waals surface area contributed by atoms with Gasteiger partial charge in [0.2, 0.25) is 0 Å². The summed E-state index contributed by atoms with van der Waals surface area (Å²) >= 11 is 0. The number of hydrogen-bond donors (Lipinski definition) is 2. The summed E-state index contributed by atoms with van der Waals surface area (Å²) in [6.07, 6.45) is 5.51. The molecule has 1 heterocycles. The van der Waals surface area contributed by atoms with E-state index in [0.29, 0.717) is 6.54 Å². The van der Waals surface area contributed by atoms with Crippen molar-refractivity contribution in [3.63, 3.8) is 0 Å². The fraction of sp³-hybridized carbons (Fsp3) is 0.667. The first kappa shape index (κ1) is 14.5. The highest BCUT2D eigenvalue weighted by Crippen LogP contribution is 2.04. The molecule has 18 heavy (non-hydrogen) atoms. The molecular weight excluding hydrogens is 230 g/mol. The average Bonchev–Trinajstić information content (AvgIpc) is 2.86. The Labute approximate surface area is 108 Å². The number of aliphatic imine (C=N–C) groups is 1. The van der Waals surface area contributed by atoms with E-state index in [4.69, 9.17) is 4.74 Å². The Kier molecular flexibility index (Phi) is 5.64. The molecule has 0 aliphatic heterocycles.